The van der Waals surface area contributed by atoms with E-state index < -0.39 is 17.6 Å². The minimum absolute atomic E-state index is 0.175. The number of benzene rings is 3. The summed E-state index contributed by atoms with van der Waals surface area (Å²) in [4.78, 5) is 28.7. The maximum atomic E-state index is 13.4. The SMILES string of the molecule is CCOc1ccc(NC2=C(Sc3ccc(C)cc3)C(=O)N(c3ccc(F)cc3)C2=O)cc1. The number of aryl methyl sites for hydroxylation is 1. The van der Waals surface area contributed by atoms with Gasteiger partial charge in [0.1, 0.15) is 22.2 Å². The Morgan fingerprint density at radius 1 is 0.906 bits per heavy atom. The van der Waals surface area contributed by atoms with Crippen molar-refractivity contribution in [1.82, 2.24) is 0 Å². The fourth-order valence-corrected chi connectivity index (χ4v) is 4.14. The number of thioether (sulfide) groups is 1. The summed E-state index contributed by atoms with van der Waals surface area (Å²) < 4.78 is 18.9. The van der Waals surface area contributed by atoms with Crippen LogP contribution in [0, 0.1) is 12.7 Å². The molecule has 0 aromatic heterocycles. The van der Waals surface area contributed by atoms with E-state index in [1.54, 1.807) is 24.3 Å². The van der Waals surface area contributed by atoms with Gasteiger partial charge in [0.25, 0.3) is 11.8 Å². The summed E-state index contributed by atoms with van der Waals surface area (Å²) in [6.45, 7) is 4.43. The number of nitrogens with zero attached hydrogens (tertiary/aromatic N) is 1. The van der Waals surface area contributed by atoms with E-state index in [0.717, 1.165) is 15.4 Å². The van der Waals surface area contributed by atoms with Gasteiger partial charge in [-0.3, -0.25) is 9.59 Å². The Morgan fingerprint density at radius 2 is 1.56 bits per heavy atom. The Bertz CT molecular complexity index is 1170. The summed E-state index contributed by atoms with van der Waals surface area (Å²) in [5.74, 6) is -0.684. The highest BCUT2D eigenvalue weighted by atomic mass is 32.2. The maximum absolute atomic E-state index is 13.4. The lowest BCUT2D eigenvalue weighted by atomic mass is 10.2. The number of imide groups is 1. The third kappa shape index (κ3) is 4.53. The monoisotopic (exact) mass is 448 g/mol. The average molecular weight is 449 g/mol. The maximum Gasteiger partial charge on any atom is 0.283 e. The minimum atomic E-state index is -0.495. The van der Waals surface area contributed by atoms with Crippen LogP contribution < -0.4 is 15.0 Å². The molecule has 1 N–H and O–H groups in total. The van der Waals surface area contributed by atoms with E-state index in [4.69, 9.17) is 4.74 Å². The number of amides is 2. The van der Waals surface area contributed by atoms with Crippen LogP contribution in [-0.4, -0.2) is 18.4 Å². The average Bonchev–Trinajstić information content (AvgIpc) is 3.01. The lowest BCUT2D eigenvalue weighted by Gasteiger charge is -2.15. The second-order valence-electron chi connectivity index (χ2n) is 7.12. The van der Waals surface area contributed by atoms with Crippen molar-refractivity contribution in [3.05, 3.63) is 94.8 Å². The second-order valence-corrected chi connectivity index (χ2v) is 8.21. The Hall–Kier alpha value is -3.58. The van der Waals surface area contributed by atoms with Crippen LogP contribution >= 0.6 is 11.8 Å². The van der Waals surface area contributed by atoms with Gasteiger partial charge in [-0.15, -0.1) is 0 Å². The molecule has 2 amide bonds. The standard InChI is InChI=1S/C25H21FN2O3S/c1-3-31-20-12-8-18(9-13-20)27-22-23(32-21-14-4-16(2)5-15-21)25(30)28(24(22)29)19-10-6-17(26)7-11-19/h4-15,27H,3H2,1-2H3. The van der Waals surface area contributed by atoms with E-state index in [0.29, 0.717) is 23.7 Å². The van der Waals surface area contributed by atoms with Crippen molar-refractivity contribution in [2.24, 2.45) is 0 Å². The molecule has 0 fully saturated rings. The molecule has 1 aliphatic rings. The number of halogens is 1. The number of carbonyl (C=O) groups is 2. The zero-order chi connectivity index (χ0) is 22.7. The smallest absolute Gasteiger partial charge is 0.283 e. The van der Waals surface area contributed by atoms with Crippen molar-refractivity contribution in [2.75, 3.05) is 16.8 Å². The quantitative estimate of drug-likeness (QED) is 0.482. The highest BCUT2D eigenvalue weighted by Gasteiger charge is 2.40. The van der Waals surface area contributed by atoms with Gasteiger partial charge in [-0.2, -0.15) is 0 Å². The van der Waals surface area contributed by atoms with Gasteiger partial charge in [0.2, 0.25) is 0 Å². The molecule has 162 valence electrons. The molecule has 0 saturated carbocycles. The molecule has 0 atom stereocenters. The van der Waals surface area contributed by atoms with Crippen LogP contribution in [0.4, 0.5) is 15.8 Å². The molecule has 4 rings (SSSR count). The second kappa shape index (κ2) is 9.28. The first-order valence-corrected chi connectivity index (χ1v) is 10.9. The predicted octanol–water partition coefficient (Wildman–Crippen LogP) is 5.52. The molecule has 0 spiro atoms. The van der Waals surface area contributed by atoms with Crippen molar-refractivity contribution >= 4 is 35.0 Å². The van der Waals surface area contributed by atoms with E-state index in [1.165, 1.54) is 36.0 Å². The van der Waals surface area contributed by atoms with Crippen molar-refractivity contribution in [3.8, 4) is 5.75 Å². The lowest BCUT2D eigenvalue weighted by Crippen LogP contribution is -2.32. The van der Waals surface area contributed by atoms with E-state index in [-0.39, 0.29) is 10.6 Å². The fourth-order valence-electron chi connectivity index (χ4n) is 3.21. The molecule has 0 aliphatic carbocycles. The topological polar surface area (TPSA) is 58.6 Å². The van der Waals surface area contributed by atoms with Crippen molar-refractivity contribution in [1.29, 1.82) is 0 Å². The van der Waals surface area contributed by atoms with Crippen molar-refractivity contribution in [3.63, 3.8) is 0 Å². The molecular formula is C25H21FN2O3S. The van der Waals surface area contributed by atoms with Crippen LogP contribution in [0.2, 0.25) is 0 Å². The van der Waals surface area contributed by atoms with Crippen molar-refractivity contribution in [2.45, 2.75) is 18.7 Å². The van der Waals surface area contributed by atoms with Gasteiger partial charge in [0.05, 0.1) is 12.3 Å². The van der Waals surface area contributed by atoms with Crippen LogP contribution in [0.1, 0.15) is 12.5 Å². The molecule has 1 aliphatic heterocycles. The predicted molar refractivity (Wildman–Crippen MR) is 124 cm³/mol. The summed E-state index contributed by atoms with van der Waals surface area (Å²) in [6.07, 6.45) is 0. The van der Waals surface area contributed by atoms with Gasteiger partial charge in [-0.05, 0) is 74.5 Å². The molecule has 0 unspecified atom stereocenters. The van der Waals surface area contributed by atoms with Gasteiger partial charge >= 0.3 is 0 Å². The molecule has 3 aromatic rings. The van der Waals surface area contributed by atoms with E-state index in [2.05, 4.69) is 5.32 Å². The Labute approximate surface area is 189 Å². The van der Waals surface area contributed by atoms with Gasteiger partial charge < -0.3 is 10.1 Å². The summed E-state index contributed by atoms with van der Waals surface area (Å²) in [7, 11) is 0. The van der Waals surface area contributed by atoms with Crippen LogP contribution in [0.25, 0.3) is 0 Å². The third-order valence-corrected chi connectivity index (χ3v) is 5.89. The Morgan fingerprint density at radius 3 is 2.19 bits per heavy atom. The number of carbonyl (C=O) groups excluding carboxylic acids is 2. The number of nitrogens with one attached hydrogen (secondary N) is 1. The Kier molecular flexibility index (Phi) is 6.28. The number of hydrogen-bond acceptors (Lipinski definition) is 5. The molecule has 32 heavy (non-hydrogen) atoms. The minimum Gasteiger partial charge on any atom is -0.494 e. The van der Waals surface area contributed by atoms with Gasteiger partial charge in [-0.25, -0.2) is 9.29 Å². The molecule has 3 aromatic carbocycles. The van der Waals surface area contributed by atoms with Gasteiger partial charge in [0.15, 0.2) is 0 Å². The number of hydrogen-bond donors (Lipinski definition) is 1. The fraction of sp³-hybridized carbons (Fsp3) is 0.120. The van der Waals surface area contributed by atoms with Crippen LogP contribution in [0.15, 0.2) is 88.3 Å². The van der Waals surface area contributed by atoms with Crippen LogP contribution in [-0.2, 0) is 9.59 Å². The summed E-state index contributed by atoms with van der Waals surface area (Å²) in [5.41, 5.74) is 2.23. The molecular weight excluding hydrogens is 427 g/mol. The first kappa shape index (κ1) is 21.6. The van der Waals surface area contributed by atoms with Gasteiger partial charge in [0, 0.05) is 10.6 Å². The molecule has 1 heterocycles. The molecule has 0 radical (unpaired) electrons. The summed E-state index contributed by atoms with van der Waals surface area (Å²) >= 11 is 1.22. The summed E-state index contributed by atoms with van der Waals surface area (Å²) in [5, 5.41) is 3.10. The third-order valence-electron chi connectivity index (χ3n) is 4.80. The number of ether oxygens (including phenoxy) is 1. The van der Waals surface area contributed by atoms with E-state index in [1.807, 2.05) is 38.1 Å². The zero-order valence-electron chi connectivity index (χ0n) is 17.6. The molecule has 7 heteroatoms. The molecule has 5 nitrogen and oxygen atoms in total. The van der Waals surface area contributed by atoms with Gasteiger partial charge in [-0.1, -0.05) is 29.5 Å². The van der Waals surface area contributed by atoms with Crippen LogP contribution in [0.5, 0.6) is 5.75 Å². The summed E-state index contributed by atoms with van der Waals surface area (Å²) in [6, 6.07) is 20.1. The molecule has 0 saturated heterocycles. The normalized spacial score (nSPS) is 13.7. The van der Waals surface area contributed by atoms with Crippen molar-refractivity contribution < 1.29 is 18.7 Å². The number of anilines is 2. The molecule has 0 bridgehead atoms. The lowest BCUT2D eigenvalue weighted by molar-refractivity contribution is -0.120. The Balaban J connectivity index is 1.69. The van der Waals surface area contributed by atoms with E-state index >= 15 is 0 Å². The number of rotatable bonds is 7. The van der Waals surface area contributed by atoms with Crippen LogP contribution in [0.3, 0.4) is 0 Å². The first-order chi connectivity index (χ1) is 15.5. The highest BCUT2D eigenvalue weighted by molar-refractivity contribution is 8.04. The highest BCUT2D eigenvalue weighted by Crippen LogP contribution is 2.38. The zero-order valence-corrected chi connectivity index (χ0v) is 18.4. The largest absolute Gasteiger partial charge is 0.494 e. The van der Waals surface area contributed by atoms with E-state index in [9.17, 15) is 14.0 Å². The first-order valence-electron chi connectivity index (χ1n) is 10.1.